The molecule has 0 amide bonds. The molecule has 6 heteroatoms. The van der Waals surface area contributed by atoms with Gasteiger partial charge in [0, 0.05) is 96.3 Å². The Balaban J connectivity index is 0. The first-order valence-corrected chi connectivity index (χ1v) is 0. The first-order chi connectivity index (χ1) is 0. The number of hydrogen-bond acceptors (Lipinski definition) is 0. The van der Waals surface area contributed by atoms with Gasteiger partial charge in [0.15, 0.2) is 0 Å². The molecule has 0 aliphatic carbocycles. The van der Waals surface area contributed by atoms with Crippen LogP contribution in [-0.4, -0.2) is 11.0 Å². The van der Waals surface area contributed by atoms with Gasteiger partial charge in [-0.2, -0.15) is 0 Å². The summed E-state index contributed by atoms with van der Waals surface area (Å²) in [5.41, 5.74) is 0. The van der Waals surface area contributed by atoms with Gasteiger partial charge in [-0.25, -0.2) is 0 Å². The van der Waals surface area contributed by atoms with E-state index in [-0.39, 0.29) is 96.3 Å². The Morgan fingerprint density at radius 3 is 0.333 bits per heavy atom. The van der Waals surface area contributed by atoms with Crippen LogP contribution in [0.15, 0.2) is 0 Å². The third-order valence-corrected chi connectivity index (χ3v) is 0. The fraction of sp³-hybridized carbons (Fsp3) is 0. The molecule has 0 aromatic heterocycles. The topological polar surface area (TPSA) is 0 Å². The summed E-state index contributed by atoms with van der Waals surface area (Å²) in [5.74, 6) is 0. The molecule has 0 spiro atoms. The third kappa shape index (κ3) is 29.1. The zero-order valence-electron chi connectivity index (χ0n) is 2.39. The van der Waals surface area contributed by atoms with E-state index in [0.717, 1.165) is 0 Å². The van der Waals surface area contributed by atoms with Gasteiger partial charge in [0.2, 0.25) is 0 Å². The van der Waals surface area contributed by atoms with Crippen molar-refractivity contribution in [2.75, 3.05) is 0 Å². The Morgan fingerprint density at radius 1 is 0.333 bits per heavy atom. The summed E-state index contributed by atoms with van der Waals surface area (Å²) in [6.45, 7) is 0. The quantitative estimate of drug-likeness (QED) is 0.535. The summed E-state index contributed by atoms with van der Waals surface area (Å²) >= 11 is 0. The largest absolute Gasteiger partial charge is 0 e. The van der Waals surface area contributed by atoms with E-state index >= 15 is 0 Å². The minimum Gasteiger partial charge on any atom is 0 e. The molecule has 0 bridgehead atoms. The van der Waals surface area contributed by atoms with Crippen LogP contribution in [0.5, 0.6) is 0 Å². The van der Waals surface area contributed by atoms with Crippen molar-refractivity contribution in [3.63, 3.8) is 0 Å². The zero-order valence-corrected chi connectivity index (χ0v) is 9.29. The van der Waals surface area contributed by atoms with Crippen LogP contribution < -0.4 is 0 Å². The molecule has 0 fully saturated rings. The van der Waals surface area contributed by atoms with Crippen LogP contribution in [-0.2, 0) is 85.3 Å². The SMILES string of the molecule is [Mn].[Mn].[Mn].[Mn].[Mn].[Si]. The van der Waals surface area contributed by atoms with Crippen LogP contribution in [0.4, 0.5) is 0 Å². The standard InChI is InChI=1S/5Mn.Si. The average molecular weight is 303 g/mol. The molecule has 0 aromatic rings. The minimum absolute atomic E-state index is 0. The van der Waals surface area contributed by atoms with E-state index in [4.69, 9.17) is 0 Å². The summed E-state index contributed by atoms with van der Waals surface area (Å²) in [6, 6.07) is 0. The normalized spacial score (nSPS) is 0. The molecule has 0 saturated carbocycles. The van der Waals surface area contributed by atoms with E-state index < -0.39 is 0 Å². The van der Waals surface area contributed by atoms with Crippen molar-refractivity contribution in [1.82, 2.24) is 0 Å². The second kappa shape index (κ2) is 45.8. The molecule has 0 aromatic carbocycles. The van der Waals surface area contributed by atoms with E-state index in [1.165, 1.54) is 0 Å². The molecule has 0 aliphatic rings. The molecule has 39 valence electrons. The first-order valence-electron chi connectivity index (χ1n) is 0. The van der Waals surface area contributed by atoms with E-state index in [0.29, 0.717) is 0 Å². The average Bonchev–Trinajstić information content (AvgIpc) is 0. The third-order valence-electron chi connectivity index (χ3n) is 0. The molecule has 9 radical (unpaired) electrons. The van der Waals surface area contributed by atoms with Gasteiger partial charge in [0.25, 0.3) is 0 Å². The van der Waals surface area contributed by atoms with Crippen molar-refractivity contribution < 1.29 is 85.3 Å². The van der Waals surface area contributed by atoms with Crippen molar-refractivity contribution in [1.29, 1.82) is 0 Å². The molecular formula is Mn5Si. The van der Waals surface area contributed by atoms with Gasteiger partial charge < -0.3 is 0 Å². The van der Waals surface area contributed by atoms with Gasteiger partial charge in [-0.1, -0.05) is 0 Å². The summed E-state index contributed by atoms with van der Waals surface area (Å²) < 4.78 is 0. The van der Waals surface area contributed by atoms with Crippen molar-refractivity contribution in [3.8, 4) is 0 Å². The van der Waals surface area contributed by atoms with Gasteiger partial charge in [-0.05, 0) is 0 Å². The molecule has 0 unspecified atom stereocenters. The summed E-state index contributed by atoms with van der Waals surface area (Å²) in [4.78, 5) is 0. The first kappa shape index (κ1) is 68.0. The van der Waals surface area contributed by atoms with Gasteiger partial charge in [-0.3, -0.25) is 0 Å². The maximum absolute atomic E-state index is 0. The second-order valence-electron chi connectivity index (χ2n) is 0. The maximum Gasteiger partial charge on any atom is 0 e. The van der Waals surface area contributed by atoms with Gasteiger partial charge in [0.05, 0.1) is 0 Å². The number of rotatable bonds is 0. The van der Waals surface area contributed by atoms with Gasteiger partial charge >= 0.3 is 0 Å². The molecule has 0 aliphatic heterocycles. The zero-order chi connectivity index (χ0) is 0. The Labute approximate surface area is 95.1 Å². The van der Waals surface area contributed by atoms with Crippen LogP contribution in [0.1, 0.15) is 0 Å². The second-order valence-corrected chi connectivity index (χ2v) is 0. The monoisotopic (exact) mass is 303 g/mol. The Bertz CT molecular complexity index is 3.90. The van der Waals surface area contributed by atoms with Crippen LogP contribution in [0.2, 0.25) is 0 Å². The van der Waals surface area contributed by atoms with Crippen molar-refractivity contribution >= 4 is 11.0 Å². The van der Waals surface area contributed by atoms with Crippen molar-refractivity contribution in [3.05, 3.63) is 0 Å². The molecule has 0 rings (SSSR count). The summed E-state index contributed by atoms with van der Waals surface area (Å²) in [7, 11) is 0. The molecule has 0 saturated heterocycles. The molecule has 0 heterocycles. The summed E-state index contributed by atoms with van der Waals surface area (Å²) in [6.07, 6.45) is 0. The van der Waals surface area contributed by atoms with E-state index in [1.807, 2.05) is 0 Å². The van der Waals surface area contributed by atoms with Crippen LogP contribution in [0, 0.1) is 0 Å². The Morgan fingerprint density at radius 2 is 0.333 bits per heavy atom. The fourth-order valence-corrected chi connectivity index (χ4v) is 0. The molecular weight excluding hydrogens is 303 g/mol. The Hall–Kier alpha value is 2.81. The Kier molecular flexibility index (Phi) is 519. The molecule has 6 heavy (non-hydrogen) atoms. The van der Waals surface area contributed by atoms with Crippen LogP contribution >= 0.6 is 0 Å². The maximum atomic E-state index is 0. The fourth-order valence-electron chi connectivity index (χ4n) is 0. The molecule has 0 atom stereocenters. The van der Waals surface area contributed by atoms with E-state index in [2.05, 4.69) is 0 Å². The minimum atomic E-state index is 0. The van der Waals surface area contributed by atoms with E-state index in [9.17, 15) is 0 Å². The van der Waals surface area contributed by atoms with E-state index in [1.54, 1.807) is 0 Å². The van der Waals surface area contributed by atoms with Gasteiger partial charge in [-0.15, -0.1) is 0 Å². The molecule has 0 N–H and O–H groups in total. The number of hydrogen-bond donors (Lipinski definition) is 0. The predicted octanol–water partition coefficient (Wildman–Crippen LogP) is -0.393. The van der Waals surface area contributed by atoms with Crippen LogP contribution in [0.3, 0.4) is 0 Å². The molecule has 0 nitrogen and oxygen atoms in total. The summed E-state index contributed by atoms with van der Waals surface area (Å²) in [5, 5.41) is 0. The predicted molar refractivity (Wildman–Crippen MR) is 5.75 cm³/mol. The van der Waals surface area contributed by atoms with Crippen LogP contribution in [0.25, 0.3) is 0 Å². The van der Waals surface area contributed by atoms with Crippen molar-refractivity contribution in [2.24, 2.45) is 0 Å². The smallest absolute Gasteiger partial charge is 0 e. The van der Waals surface area contributed by atoms with Gasteiger partial charge in [0.1, 0.15) is 0 Å². The van der Waals surface area contributed by atoms with Crippen molar-refractivity contribution in [2.45, 2.75) is 0 Å².